The van der Waals surface area contributed by atoms with Crippen molar-refractivity contribution >= 4 is 0 Å². The monoisotopic (exact) mass is 251 g/mol. The first-order valence-corrected chi connectivity index (χ1v) is 7.46. The highest BCUT2D eigenvalue weighted by Gasteiger charge is 2.18. The summed E-state index contributed by atoms with van der Waals surface area (Å²) in [7, 11) is 2.02. The van der Waals surface area contributed by atoms with Gasteiger partial charge in [0.1, 0.15) is 0 Å². The van der Waals surface area contributed by atoms with E-state index in [1.54, 1.807) is 0 Å². The van der Waals surface area contributed by atoms with Gasteiger partial charge in [-0.25, -0.2) is 0 Å². The van der Waals surface area contributed by atoms with Crippen molar-refractivity contribution in [3.8, 4) is 0 Å². The highest BCUT2D eigenvalue weighted by Crippen LogP contribution is 2.24. The van der Waals surface area contributed by atoms with Gasteiger partial charge in [-0.15, -0.1) is 0 Å². The number of aromatic nitrogens is 2. The lowest BCUT2D eigenvalue weighted by molar-refractivity contribution is 0.413. The van der Waals surface area contributed by atoms with E-state index in [0.29, 0.717) is 6.04 Å². The maximum absolute atomic E-state index is 4.88. The summed E-state index contributed by atoms with van der Waals surface area (Å²) < 4.78 is 2.31. The average Bonchev–Trinajstić information content (AvgIpc) is 2.75. The van der Waals surface area contributed by atoms with E-state index >= 15 is 0 Å². The Kier molecular flexibility index (Phi) is 6.41. The van der Waals surface area contributed by atoms with Crippen LogP contribution in [0.5, 0.6) is 0 Å². The smallest absolute Gasteiger partial charge is 0.0657 e. The molecule has 0 aliphatic carbocycles. The van der Waals surface area contributed by atoms with Crippen molar-refractivity contribution in [2.45, 2.75) is 65.8 Å². The van der Waals surface area contributed by atoms with Gasteiger partial charge in [-0.3, -0.25) is 4.68 Å². The summed E-state index contributed by atoms with van der Waals surface area (Å²) in [5, 5.41) is 8.13. The van der Waals surface area contributed by atoms with E-state index in [0.717, 1.165) is 25.8 Å². The van der Waals surface area contributed by atoms with Crippen molar-refractivity contribution in [1.82, 2.24) is 15.1 Å². The normalized spacial score (nSPS) is 11.4. The minimum absolute atomic E-state index is 0.564. The summed E-state index contributed by atoms with van der Waals surface area (Å²) in [6, 6.07) is 0.564. The molecule has 18 heavy (non-hydrogen) atoms. The predicted molar refractivity (Wildman–Crippen MR) is 78.2 cm³/mol. The standard InChI is InChI=1S/C15H29N3/c1-6-12(7-2)18-15(9-4)13(10-11-16-5)14(8-3)17-18/h12,16H,6-11H2,1-5H3. The first-order valence-electron chi connectivity index (χ1n) is 7.46. The lowest BCUT2D eigenvalue weighted by Crippen LogP contribution is -2.14. The molecule has 0 fully saturated rings. The van der Waals surface area contributed by atoms with Crippen molar-refractivity contribution in [1.29, 1.82) is 0 Å². The molecule has 1 aromatic rings. The second-order valence-electron chi connectivity index (χ2n) is 4.85. The van der Waals surface area contributed by atoms with Gasteiger partial charge in [0.25, 0.3) is 0 Å². The van der Waals surface area contributed by atoms with Gasteiger partial charge in [0.15, 0.2) is 0 Å². The molecule has 104 valence electrons. The Morgan fingerprint density at radius 3 is 2.22 bits per heavy atom. The lowest BCUT2D eigenvalue weighted by atomic mass is 10.0. The van der Waals surface area contributed by atoms with Crippen molar-refractivity contribution < 1.29 is 0 Å². The van der Waals surface area contributed by atoms with Crippen LogP contribution in [0.25, 0.3) is 0 Å². The van der Waals surface area contributed by atoms with Crippen LogP contribution in [0.4, 0.5) is 0 Å². The highest BCUT2D eigenvalue weighted by molar-refractivity contribution is 5.27. The number of nitrogens with one attached hydrogen (secondary N) is 1. The van der Waals surface area contributed by atoms with Crippen molar-refractivity contribution in [2.24, 2.45) is 0 Å². The summed E-state index contributed by atoms with van der Waals surface area (Å²) in [5.74, 6) is 0. The third kappa shape index (κ3) is 3.14. The molecule has 0 saturated heterocycles. The van der Waals surface area contributed by atoms with Crippen LogP contribution in [0.3, 0.4) is 0 Å². The van der Waals surface area contributed by atoms with Crippen LogP contribution in [0.2, 0.25) is 0 Å². The first kappa shape index (κ1) is 15.2. The SMILES string of the molecule is CCc1nn(C(CC)CC)c(CC)c1CCNC. The van der Waals surface area contributed by atoms with E-state index in [2.05, 4.69) is 37.7 Å². The van der Waals surface area contributed by atoms with Crippen LogP contribution in [-0.4, -0.2) is 23.4 Å². The Bertz CT molecular complexity index is 351. The molecule has 1 rings (SSSR count). The second-order valence-corrected chi connectivity index (χ2v) is 4.85. The maximum Gasteiger partial charge on any atom is 0.0657 e. The van der Waals surface area contributed by atoms with Gasteiger partial charge in [0.2, 0.25) is 0 Å². The van der Waals surface area contributed by atoms with E-state index in [1.807, 2.05) is 7.05 Å². The van der Waals surface area contributed by atoms with Gasteiger partial charge in [0.05, 0.1) is 11.7 Å². The molecule has 1 aromatic heterocycles. The molecule has 1 heterocycles. The fraction of sp³-hybridized carbons (Fsp3) is 0.800. The fourth-order valence-electron chi connectivity index (χ4n) is 2.69. The zero-order valence-corrected chi connectivity index (χ0v) is 12.7. The number of hydrogen-bond donors (Lipinski definition) is 1. The molecular formula is C15H29N3. The zero-order chi connectivity index (χ0) is 13.5. The van der Waals surface area contributed by atoms with E-state index in [-0.39, 0.29) is 0 Å². The molecule has 0 bridgehead atoms. The van der Waals surface area contributed by atoms with E-state index < -0.39 is 0 Å². The molecule has 3 heteroatoms. The molecule has 0 aliphatic heterocycles. The summed E-state index contributed by atoms with van der Waals surface area (Å²) >= 11 is 0. The highest BCUT2D eigenvalue weighted by atomic mass is 15.3. The van der Waals surface area contributed by atoms with Crippen LogP contribution < -0.4 is 5.32 Å². The lowest BCUT2D eigenvalue weighted by Gasteiger charge is -2.16. The van der Waals surface area contributed by atoms with Gasteiger partial charge in [0, 0.05) is 5.69 Å². The third-order valence-corrected chi connectivity index (χ3v) is 3.78. The molecular weight excluding hydrogens is 222 g/mol. The molecule has 1 N–H and O–H groups in total. The second kappa shape index (κ2) is 7.57. The third-order valence-electron chi connectivity index (χ3n) is 3.78. The minimum atomic E-state index is 0.564. The topological polar surface area (TPSA) is 29.9 Å². The van der Waals surface area contributed by atoms with Gasteiger partial charge >= 0.3 is 0 Å². The molecule has 3 nitrogen and oxygen atoms in total. The molecule has 0 spiro atoms. The molecule has 0 radical (unpaired) electrons. The van der Waals surface area contributed by atoms with E-state index in [9.17, 15) is 0 Å². The summed E-state index contributed by atoms with van der Waals surface area (Å²) in [5.41, 5.74) is 4.24. The van der Waals surface area contributed by atoms with Crippen LogP contribution in [0.1, 0.15) is 63.5 Å². The zero-order valence-electron chi connectivity index (χ0n) is 12.7. The minimum Gasteiger partial charge on any atom is -0.319 e. The van der Waals surface area contributed by atoms with Gasteiger partial charge in [-0.1, -0.05) is 27.7 Å². The predicted octanol–water partition coefficient (Wildman–Crippen LogP) is 3.13. The Morgan fingerprint density at radius 1 is 1.11 bits per heavy atom. The Labute approximate surface area is 112 Å². The molecule has 0 atom stereocenters. The van der Waals surface area contributed by atoms with Crippen molar-refractivity contribution in [3.63, 3.8) is 0 Å². The van der Waals surface area contributed by atoms with Gasteiger partial charge < -0.3 is 5.32 Å². The largest absolute Gasteiger partial charge is 0.319 e. The summed E-state index contributed by atoms with van der Waals surface area (Å²) in [6.45, 7) is 10.0. The van der Waals surface area contributed by atoms with Gasteiger partial charge in [-0.2, -0.15) is 5.10 Å². The van der Waals surface area contributed by atoms with Crippen LogP contribution in [-0.2, 0) is 19.3 Å². The molecule has 0 unspecified atom stereocenters. The van der Waals surface area contributed by atoms with Crippen LogP contribution in [0, 0.1) is 0 Å². The van der Waals surface area contributed by atoms with E-state index in [1.165, 1.54) is 29.8 Å². The molecule has 0 aromatic carbocycles. The molecule has 0 saturated carbocycles. The number of likely N-dealkylation sites (N-methyl/N-ethyl adjacent to an activating group) is 1. The number of aryl methyl sites for hydroxylation is 1. The Morgan fingerprint density at radius 2 is 1.78 bits per heavy atom. The number of rotatable bonds is 8. The van der Waals surface area contributed by atoms with Gasteiger partial charge in [-0.05, 0) is 51.3 Å². The molecule has 0 amide bonds. The average molecular weight is 251 g/mol. The van der Waals surface area contributed by atoms with E-state index in [4.69, 9.17) is 5.10 Å². The quantitative estimate of drug-likeness (QED) is 0.769. The number of nitrogens with zero attached hydrogens (tertiary/aromatic N) is 2. The molecule has 0 aliphatic rings. The summed E-state index contributed by atoms with van der Waals surface area (Å²) in [6.07, 6.45) is 5.56. The Balaban J connectivity index is 3.14. The Hall–Kier alpha value is -0.830. The van der Waals surface area contributed by atoms with Crippen molar-refractivity contribution in [2.75, 3.05) is 13.6 Å². The fourth-order valence-corrected chi connectivity index (χ4v) is 2.69. The maximum atomic E-state index is 4.88. The first-order chi connectivity index (χ1) is 8.73. The van der Waals surface area contributed by atoms with Crippen LogP contribution in [0.15, 0.2) is 0 Å². The summed E-state index contributed by atoms with van der Waals surface area (Å²) in [4.78, 5) is 0. The van der Waals surface area contributed by atoms with Crippen molar-refractivity contribution in [3.05, 3.63) is 17.0 Å². The van der Waals surface area contributed by atoms with Crippen LogP contribution >= 0.6 is 0 Å². The number of hydrogen-bond acceptors (Lipinski definition) is 2.